The van der Waals surface area contributed by atoms with E-state index in [1.165, 1.54) is 7.11 Å². The molecule has 1 heterocycles. The fraction of sp³-hybridized carbons (Fsp3) is 0.385. The predicted molar refractivity (Wildman–Crippen MR) is 68.0 cm³/mol. The third-order valence-corrected chi connectivity index (χ3v) is 2.96. The molecule has 2 rings (SSSR count). The van der Waals surface area contributed by atoms with E-state index in [0.717, 1.165) is 6.42 Å². The third kappa shape index (κ3) is 3.23. The van der Waals surface area contributed by atoms with Crippen LogP contribution in [-0.2, 0) is 4.74 Å². The number of ether oxygens (including phenoxy) is 2. The quantitative estimate of drug-likeness (QED) is 0.806. The lowest BCUT2D eigenvalue weighted by molar-refractivity contribution is 0.0600. The Morgan fingerprint density at radius 2 is 2.00 bits per heavy atom. The minimum atomic E-state index is -0.427. The maximum absolute atomic E-state index is 11.8. The van der Waals surface area contributed by atoms with E-state index < -0.39 is 12.1 Å². The molecule has 0 spiro atoms. The highest BCUT2D eigenvalue weighted by Gasteiger charge is 2.25. The molecule has 1 aliphatic rings. The molecule has 0 aromatic heterocycles. The number of carbonyl (C=O) groups excluding carboxylic acids is 2. The Hall–Kier alpha value is -2.08. The monoisotopic (exact) mass is 264 g/mol. The fourth-order valence-electron chi connectivity index (χ4n) is 1.90. The first-order chi connectivity index (χ1) is 9.10. The van der Waals surface area contributed by atoms with Crippen LogP contribution in [0.15, 0.2) is 24.3 Å². The highest BCUT2D eigenvalue weighted by atomic mass is 16.6. The molecule has 0 radical (unpaired) electrons. The molecule has 19 heavy (non-hydrogen) atoms. The number of amides is 1. The van der Waals surface area contributed by atoms with Gasteiger partial charge in [0.05, 0.1) is 12.7 Å². The van der Waals surface area contributed by atoms with E-state index in [9.17, 15) is 9.59 Å². The zero-order valence-corrected chi connectivity index (χ0v) is 10.7. The lowest BCUT2D eigenvalue weighted by Crippen LogP contribution is -2.33. The Kier molecular flexibility index (Phi) is 4.01. The Balaban J connectivity index is 1.96. The molecule has 0 bridgehead atoms. The van der Waals surface area contributed by atoms with Crippen molar-refractivity contribution in [2.24, 2.45) is 5.73 Å². The highest BCUT2D eigenvalue weighted by Crippen LogP contribution is 2.16. The van der Waals surface area contributed by atoms with Crippen LogP contribution in [0.3, 0.4) is 0 Å². The largest absolute Gasteiger partial charge is 0.465 e. The summed E-state index contributed by atoms with van der Waals surface area (Å²) >= 11 is 0. The number of esters is 1. The van der Waals surface area contributed by atoms with Crippen molar-refractivity contribution in [3.63, 3.8) is 0 Å². The van der Waals surface area contributed by atoms with Crippen molar-refractivity contribution >= 4 is 12.1 Å². The van der Waals surface area contributed by atoms with Gasteiger partial charge in [-0.15, -0.1) is 0 Å². The van der Waals surface area contributed by atoms with Crippen LogP contribution in [0.5, 0.6) is 5.75 Å². The molecule has 1 atom stereocenters. The number of hydrogen-bond acceptors (Lipinski definition) is 5. The number of nitrogens with zero attached hydrogens (tertiary/aromatic N) is 1. The van der Waals surface area contributed by atoms with Crippen LogP contribution in [0, 0.1) is 0 Å². The first-order valence-corrected chi connectivity index (χ1v) is 6.01. The van der Waals surface area contributed by atoms with Gasteiger partial charge in [0, 0.05) is 19.1 Å². The van der Waals surface area contributed by atoms with Crippen molar-refractivity contribution in [3.05, 3.63) is 29.8 Å². The Labute approximate surface area is 111 Å². The van der Waals surface area contributed by atoms with Crippen molar-refractivity contribution < 1.29 is 19.1 Å². The summed E-state index contributed by atoms with van der Waals surface area (Å²) in [6, 6.07) is 6.23. The number of nitrogens with two attached hydrogens (primary N) is 1. The lowest BCUT2D eigenvalue weighted by atomic mass is 10.2. The fourth-order valence-corrected chi connectivity index (χ4v) is 1.90. The number of hydrogen-bond donors (Lipinski definition) is 1. The molecule has 0 aliphatic carbocycles. The number of benzene rings is 1. The van der Waals surface area contributed by atoms with E-state index in [4.69, 9.17) is 10.5 Å². The average molecular weight is 264 g/mol. The van der Waals surface area contributed by atoms with Gasteiger partial charge in [0.15, 0.2) is 0 Å². The second-order valence-electron chi connectivity index (χ2n) is 4.38. The Morgan fingerprint density at radius 3 is 2.53 bits per heavy atom. The van der Waals surface area contributed by atoms with Crippen LogP contribution in [0.2, 0.25) is 0 Å². The summed E-state index contributed by atoms with van der Waals surface area (Å²) in [5.41, 5.74) is 6.13. The van der Waals surface area contributed by atoms with Gasteiger partial charge in [0.25, 0.3) is 0 Å². The lowest BCUT2D eigenvalue weighted by Gasteiger charge is -2.15. The number of carbonyl (C=O) groups is 2. The zero-order chi connectivity index (χ0) is 13.8. The second kappa shape index (κ2) is 5.71. The number of methoxy groups -OCH3 is 1. The molecule has 1 saturated heterocycles. The molecule has 0 saturated carbocycles. The second-order valence-corrected chi connectivity index (χ2v) is 4.38. The normalized spacial score (nSPS) is 18.2. The molecular weight excluding hydrogens is 248 g/mol. The van der Waals surface area contributed by atoms with E-state index in [-0.39, 0.29) is 6.04 Å². The standard InChI is InChI=1S/C13H16N2O4/c1-18-12(16)9-2-4-11(5-3-9)19-13(17)15-7-6-10(14)8-15/h2-5,10H,6-8,14H2,1H3/t10-/m1/s1. The van der Waals surface area contributed by atoms with E-state index >= 15 is 0 Å². The molecule has 1 amide bonds. The first kappa shape index (κ1) is 13.4. The molecule has 1 aromatic rings. The SMILES string of the molecule is COC(=O)c1ccc(OC(=O)N2CC[C@@H](N)C2)cc1. The van der Waals surface area contributed by atoms with Gasteiger partial charge in [0.2, 0.25) is 0 Å². The van der Waals surface area contributed by atoms with Crippen molar-refractivity contribution in [1.29, 1.82) is 0 Å². The smallest absolute Gasteiger partial charge is 0.415 e. The summed E-state index contributed by atoms with van der Waals surface area (Å²) in [4.78, 5) is 24.6. The summed E-state index contributed by atoms with van der Waals surface area (Å²) in [7, 11) is 1.31. The predicted octanol–water partition coefficient (Wildman–Crippen LogP) is 1.00. The van der Waals surface area contributed by atoms with Gasteiger partial charge in [-0.1, -0.05) is 0 Å². The third-order valence-electron chi connectivity index (χ3n) is 2.96. The number of rotatable bonds is 2. The average Bonchev–Trinajstić information content (AvgIpc) is 2.85. The summed E-state index contributed by atoms with van der Waals surface area (Å²) in [6.07, 6.45) is 0.370. The van der Waals surface area contributed by atoms with Gasteiger partial charge in [-0.05, 0) is 30.7 Å². The van der Waals surface area contributed by atoms with Crippen molar-refractivity contribution in [2.75, 3.05) is 20.2 Å². The van der Waals surface area contributed by atoms with Crippen molar-refractivity contribution in [3.8, 4) is 5.75 Å². The van der Waals surface area contributed by atoms with Crippen molar-refractivity contribution in [2.45, 2.75) is 12.5 Å². The Bertz CT molecular complexity index is 472. The van der Waals surface area contributed by atoms with E-state index in [2.05, 4.69) is 4.74 Å². The minimum absolute atomic E-state index is 0.0225. The van der Waals surface area contributed by atoms with Gasteiger partial charge < -0.3 is 20.1 Å². The van der Waals surface area contributed by atoms with E-state index in [1.54, 1.807) is 29.2 Å². The van der Waals surface area contributed by atoms with Crippen molar-refractivity contribution in [1.82, 2.24) is 4.90 Å². The molecular formula is C13H16N2O4. The minimum Gasteiger partial charge on any atom is -0.465 e. The topological polar surface area (TPSA) is 81.9 Å². The van der Waals surface area contributed by atoms with Gasteiger partial charge in [-0.3, -0.25) is 0 Å². The van der Waals surface area contributed by atoms with E-state index in [0.29, 0.717) is 24.4 Å². The van der Waals surface area contributed by atoms with Crippen LogP contribution >= 0.6 is 0 Å². The van der Waals surface area contributed by atoms with E-state index in [1.807, 2.05) is 0 Å². The van der Waals surface area contributed by atoms with Gasteiger partial charge in [0.1, 0.15) is 5.75 Å². The first-order valence-electron chi connectivity index (χ1n) is 6.01. The zero-order valence-electron chi connectivity index (χ0n) is 10.7. The van der Waals surface area contributed by atoms with Gasteiger partial charge >= 0.3 is 12.1 Å². The molecule has 6 nitrogen and oxygen atoms in total. The maximum Gasteiger partial charge on any atom is 0.415 e. The molecule has 0 unspecified atom stereocenters. The van der Waals surface area contributed by atoms with Crippen LogP contribution in [0.1, 0.15) is 16.8 Å². The van der Waals surface area contributed by atoms with Crippen LogP contribution < -0.4 is 10.5 Å². The molecule has 2 N–H and O–H groups in total. The summed E-state index contributed by atoms with van der Waals surface area (Å²) in [6.45, 7) is 1.12. The Morgan fingerprint density at radius 1 is 1.32 bits per heavy atom. The number of likely N-dealkylation sites (tertiary alicyclic amines) is 1. The van der Waals surface area contributed by atoms with Crippen LogP contribution in [-0.4, -0.2) is 43.2 Å². The van der Waals surface area contributed by atoms with Gasteiger partial charge in [-0.25, -0.2) is 9.59 Å². The summed E-state index contributed by atoms with van der Waals surface area (Å²) in [5, 5.41) is 0. The van der Waals surface area contributed by atoms with Crippen LogP contribution in [0.25, 0.3) is 0 Å². The maximum atomic E-state index is 11.8. The molecule has 1 aliphatic heterocycles. The molecule has 102 valence electrons. The molecule has 1 aromatic carbocycles. The highest BCUT2D eigenvalue weighted by molar-refractivity contribution is 5.89. The molecule has 6 heteroatoms. The van der Waals surface area contributed by atoms with Gasteiger partial charge in [-0.2, -0.15) is 0 Å². The summed E-state index contributed by atoms with van der Waals surface area (Å²) < 4.78 is 9.78. The molecule has 1 fully saturated rings. The summed E-state index contributed by atoms with van der Waals surface area (Å²) in [5.74, 6) is -0.0403. The van der Waals surface area contributed by atoms with Crippen LogP contribution in [0.4, 0.5) is 4.79 Å².